The number of aromatic nitrogens is 1. The number of pyridine rings is 1. The normalized spacial score (nSPS) is 12.6. The van der Waals surface area contributed by atoms with Crippen molar-refractivity contribution < 1.29 is 13.2 Å². The quantitative estimate of drug-likeness (QED) is 0.556. The Morgan fingerprint density at radius 2 is 1.69 bits per heavy atom. The summed E-state index contributed by atoms with van der Waals surface area (Å²) in [6.45, 7) is 4.27. The van der Waals surface area contributed by atoms with E-state index in [9.17, 15) is 18.5 Å². The molecule has 0 amide bonds. The molecule has 0 bridgehead atoms. The number of nitriles is 1. The van der Waals surface area contributed by atoms with Crippen LogP contribution in [0.1, 0.15) is 35.8 Å². The Morgan fingerprint density at radius 3 is 2.31 bits per heavy atom. The average molecular weight is 407 g/mol. The third-order valence-electron chi connectivity index (χ3n) is 4.79. The summed E-state index contributed by atoms with van der Waals surface area (Å²) in [5, 5.41) is 10.5. The SMILES string of the molecule is CCN(CC)S(=O)(=O)c1ccc(C(=O)C(C#N)c2ccc3ccccc3n2)cc1. The first-order valence-electron chi connectivity index (χ1n) is 9.32. The number of rotatable bonds is 7. The van der Waals surface area contributed by atoms with Crippen LogP contribution in [-0.4, -0.2) is 36.6 Å². The summed E-state index contributed by atoms with van der Waals surface area (Å²) in [5.41, 5.74) is 1.35. The number of sulfonamides is 1. The van der Waals surface area contributed by atoms with Gasteiger partial charge < -0.3 is 0 Å². The highest BCUT2D eigenvalue weighted by Gasteiger charge is 2.25. The minimum atomic E-state index is -3.60. The highest BCUT2D eigenvalue weighted by atomic mass is 32.2. The fourth-order valence-corrected chi connectivity index (χ4v) is 4.63. The molecule has 3 rings (SSSR count). The van der Waals surface area contributed by atoms with Crippen molar-refractivity contribution in [3.8, 4) is 6.07 Å². The molecule has 0 N–H and O–H groups in total. The molecule has 1 heterocycles. The Balaban J connectivity index is 1.91. The number of para-hydroxylation sites is 1. The molecule has 0 aliphatic carbocycles. The van der Waals surface area contributed by atoms with Crippen molar-refractivity contribution >= 4 is 26.7 Å². The van der Waals surface area contributed by atoms with E-state index in [0.717, 1.165) is 5.39 Å². The summed E-state index contributed by atoms with van der Waals surface area (Å²) in [6, 6.07) is 18.7. The second-order valence-corrected chi connectivity index (χ2v) is 8.41. The molecule has 148 valence electrons. The molecule has 2 aromatic carbocycles. The number of nitrogens with zero attached hydrogens (tertiary/aromatic N) is 3. The van der Waals surface area contributed by atoms with Crippen LogP contribution in [0.2, 0.25) is 0 Å². The number of hydrogen-bond acceptors (Lipinski definition) is 5. The minimum Gasteiger partial charge on any atom is -0.292 e. The zero-order chi connectivity index (χ0) is 21.0. The second kappa shape index (κ2) is 8.52. The lowest BCUT2D eigenvalue weighted by Crippen LogP contribution is -2.30. The molecule has 0 aliphatic rings. The van der Waals surface area contributed by atoms with E-state index in [2.05, 4.69) is 4.98 Å². The van der Waals surface area contributed by atoms with E-state index in [4.69, 9.17) is 0 Å². The lowest BCUT2D eigenvalue weighted by molar-refractivity contribution is 0.0977. The maximum Gasteiger partial charge on any atom is 0.243 e. The van der Waals surface area contributed by atoms with Gasteiger partial charge >= 0.3 is 0 Å². The molecule has 0 saturated carbocycles. The first-order chi connectivity index (χ1) is 13.9. The van der Waals surface area contributed by atoms with Gasteiger partial charge in [0, 0.05) is 24.0 Å². The van der Waals surface area contributed by atoms with E-state index in [1.165, 1.54) is 28.6 Å². The molecular formula is C22H21N3O3S. The number of hydrogen-bond donors (Lipinski definition) is 0. The second-order valence-electron chi connectivity index (χ2n) is 6.47. The third-order valence-corrected chi connectivity index (χ3v) is 6.85. The first kappa shape index (κ1) is 20.6. The molecule has 0 radical (unpaired) electrons. The third kappa shape index (κ3) is 4.04. The zero-order valence-electron chi connectivity index (χ0n) is 16.2. The van der Waals surface area contributed by atoms with E-state index < -0.39 is 21.7 Å². The van der Waals surface area contributed by atoms with Crippen LogP contribution in [0.15, 0.2) is 65.6 Å². The number of fused-ring (bicyclic) bond motifs is 1. The highest BCUT2D eigenvalue weighted by Crippen LogP contribution is 2.23. The van der Waals surface area contributed by atoms with Gasteiger partial charge in [0.05, 0.1) is 22.2 Å². The van der Waals surface area contributed by atoms with Gasteiger partial charge in [-0.05, 0) is 24.3 Å². The Bertz CT molecular complexity index is 1180. The van der Waals surface area contributed by atoms with Crippen molar-refractivity contribution in [2.24, 2.45) is 0 Å². The van der Waals surface area contributed by atoms with Crippen LogP contribution in [0.3, 0.4) is 0 Å². The molecule has 1 aromatic heterocycles. The van der Waals surface area contributed by atoms with Gasteiger partial charge in [0.15, 0.2) is 11.7 Å². The molecule has 3 aromatic rings. The number of benzene rings is 2. The molecule has 0 fully saturated rings. The highest BCUT2D eigenvalue weighted by molar-refractivity contribution is 7.89. The van der Waals surface area contributed by atoms with E-state index in [1.54, 1.807) is 19.9 Å². The predicted octanol–water partition coefficient (Wildman–Crippen LogP) is 3.76. The summed E-state index contributed by atoms with van der Waals surface area (Å²) in [6.07, 6.45) is 0. The fourth-order valence-electron chi connectivity index (χ4n) is 3.17. The largest absolute Gasteiger partial charge is 0.292 e. The van der Waals surface area contributed by atoms with E-state index in [1.807, 2.05) is 36.4 Å². The Morgan fingerprint density at radius 1 is 1.03 bits per heavy atom. The van der Waals surface area contributed by atoms with Gasteiger partial charge in [-0.1, -0.05) is 50.2 Å². The molecule has 29 heavy (non-hydrogen) atoms. The monoisotopic (exact) mass is 407 g/mol. The van der Waals surface area contributed by atoms with Crippen molar-refractivity contribution in [2.45, 2.75) is 24.7 Å². The predicted molar refractivity (Wildman–Crippen MR) is 111 cm³/mol. The summed E-state index contributed by atoms with van der Waals surface area (Å²) in [5.74, 6) is -1.48. The molecule has 1 unspecified atom stereocenters. The standard InChI is InChI=1S/C22H21N3O3S/c1-3-25(4-2)29(27,28)18-12-9-17(10-13-18)22(26)19(15-23)21-14-11-16-7-5-6-8-20(16)24-21/h5-14,19H,3-4H2,1-2H3. The number of Topliss-reactive ketones (excluding diaryl/α,β-unsaturated/α-hetero) is 1. The molecule has 6 nitrogen and oxygen atoms in total. The summed E-state index contributed by atoms with van der Waals surface area (Å²) >= 11 is 0. The summed E-state index contributed by atoms with van der Waals surface area (Å²) < 4.78 is 26.5. The Labute approximate surface area is 170 Å². The summed E-state index contributed by atoms with van der Waals surface area (Å²) in [4.78, 5) is 17.5. The van der Waals surface area contributed by atoms with Crippen molar-refractivity contribution in [1.29, 1.82) is 5.26 Å². The van der Waals surface area contributed by atoms with Gasteiger partial charge in [0.25, 0.3) is 0 Å². The minimum absolute atomic E-state index is 0.120. The van der Waals surface area contributed by atoms with Crippen molar-refractivity contribution in [2.75, 3.05) is 13.1 Å². The van der Waals surface area contributed by atoms with Crippen LogP contribution < -0.4 is 0 Å². The smallest absolute Gasteiger partial charge is 0.243 e. The van der Waals surface area contributed by atoms with E-state index in [-0.39, 0.29) is 10.5 Å². The zero-order valence-corrected chi connectivity index (χ0v) is 17.1. The lowest BCUT2D eigenvalue weighted by atomic mass is 9.95. The van der Waals surface area contributed by atoms with Gasteiger partial charge in [-0.3, -0.25) is 9.78 Å². The fraction of sp³-hybridized carbons (Fsp3) is 0.227. The molecule has 7 heteroatoms. The Kier molecular flexibility index (Phi) is 6.06. The number of ketones is 1. The first-order valence-corrected chi connectivity index (χ1v) is 10.8. The van der Waals surface area contributed by atoms with Gasteiger partial charge in [-0.25, -0.2) is 8.42 Å². The maximum atomic E-state index is 12.9. The molecule has 0 spiro atoms. The molecular weight excluding hydrogens is 386 g/mol. The van der Waals surface area contributed by atoms with Crippen LogP contribution >= 0.6 is 0 Å². The van der Waals surface area contributed by atoms with Gasteiger partial charge in [0.1, 0.15) is 0 Å². The number of carbonyl (C=O) groups is 1. The van der Waals surface area contributed by atoms with Crippen LogP contribution in [0.5, 0.6) is 0 Å². The van der Waals surface area contributed by atoms with Crippen LogP contribution in [0, 0.1) is 11.3 Å². The van der Waals surface area contributed by atoms with Crippen molar-refractivity contribution in [3.63, 3.8) is 0 Å². The van der Waals surface area contributed by atoms with Crippen molar-refractivity contribution in [3.05, 3.63) is 71.9 Å². The van der Waals surface area contributed by atoms with Crippen molar-refractivity contribution in [1.82, 2.24) is 9.29 Å². The average Bonchev–Trinajstić information content (AvgIpc) is 2.75. The van der Waals surface area contributed by atoms with Gasteiger partial charge in [0.2, 0.25) is 10.0 Å². The topological polar surface area (TPSA) is 91.1 Å². The molecule has 0 saturated heterocycles. The molecule has 1 atom stereocenters. The van der Waals surface area contributed by atoms with Crippen LogP contribution in [0.4, 0.5) is 0 Å². The van der Waals surface area contributed by atoms with E-state index in [0.29, 0.717) is 24.3 Å². The van der Waals surface area contributed by atoms with Crippen LogP contribution in [-0.2, 0) is 10.0 Å². The van der Waals surface area contributed by atoms with Crippen LogP contribution in [0.25, 0.3) is 10.9 Å². The Hall–Kier alpha value is -3.08. The maximum absolute atomic E-state index is 12.9. The lowest BCUT2D eigenvalue weighted by Gasteiger charge is -2.18. The summed E-state index contributed by atoms with van der Waals surface area (Å²) in [7, 11) is -3.60. The van der Waals surface area contributed by atoms with Gasteiger partial charge in [-0.15, -0.1) is 0 Å². The number of carbonyl (C=O) groups excluding carboxylic acids is 1. The van der Waals surface area contributed by atoms with Gasteiger partial charge in [-0.2, -0.15) is 9.57 Å². The molecule has 0 aliphatic heterocycles. The van der Waals surface area contributed by atoms with E-state index >= 15 is 0 Å².